The molecule has 210 valence electrons. The van der Waals surface area contributed by atoms with E-state index in [0.717, 1.165) is 64.9 Å². The summed E-state index contributed by atoms with van der Waals surface area (Å²) < 4.78 is 1.45. The van der Waals surface area contributed by atoms with Gasteiger partial charge in [-0.05, 0) is 37.6 Å². The number of likely N-dealkylation sites (tertiary alicyclic amines) is 1. The molecule has 7 rings (SSSR count). The molecule has 0 aliphatic carbocycles. The van der Waals surface area contributed by atoms with Crippen molar-refractivity contribution < 1.29 is 9.90 Å². The van der Waals surface area contributed by atoms with E-state index in [2.05, 4.69) is 37.6 Å². The number of anilines is 2. The lowest BCUT2D eigenvalue weighted by Gasteiger charge is -2.29. The molecule has 2 atom stereocenters. The van der Waals surface area contributed by atoms with Gasteiger partial charge in [0, 0.05) is 79.9 Å². The van der Waals surface area contributed by atoms with Crippen LogP contribution in [0.25, 0.3) is 44.1 Å². The number of aromatic carboxylic acids is 1. The molecule has 41 heavy (non-hydrogen) atoms. The van der Waals surface area contributed by atoms with Gasteiger partial charge in [0.25, 0.3) is 0 Å². The molecule has 0 bridgehead atoms. The van der Waals surface area contributed by atoms with Gasteiger partial charge in [0.1, 0.15) is 11.2 Å². The Labute approximate surface area is 239 Å². The first kappa shape index (κ1) is 25.6. The van der Waals surface area contributed by atoms with E-state index in [1.54, 1.807) is 19.3 Å². The summed E-state index contributed by atoms with van der Waals surface area (Å²) in [5.41, 5.74) is 7.38. The van der Waals surface area contributed by atoms with Crippen LogP contribution in [0.15, 0.2) is 41.6 Å². The number of hydrogen-bond donors (Lipinski definition) is 4. The third-order valence-corrected chi connectivity index (χ3v) is 8.80. The van der Waals surface area contributed by atoms with Crippen LogP contribution >= 0.6 is 11.6 Å². The molecular formula is C29H29ClN8O3. The SMILES string of the molecule is CNc1cc(Cl)cc2c1[nH]c1ncc(-c3cnc4c(c3)c(=O)c(C(=O)O)cn4NC)c(N3CC[C@@H]4CN(C)C[C@@H]43)c12. The van der Waals surface area contributed by atoms with Gasteiger partial charge >= 0.3 is 5.97 Å². The molecule has 0 spiro atoms. The van der Waals surface area contributed by atoms with Gasteiger partial charge in [0.15, 0.2) is 5.65 Å². The molecule has 2 aliphatic rings. The Hall–Kier alpha value is -4.35. The molecule has 11 nitrogen and oxygen atoms in total. The first-order chi connectivity index (χ1) is 19.8. The fourth-order valence-corrected chi connectivity index (χ4v) is 6.96. The summed E-state index contributed by atoms with van der Waals surface area (Å²) in [6.45, 7) is 2.88. The zero-order chi connectivity index (χ0) is 28.6. The Morgan fingerprint density at radius 3 is 2.73 bits per heavy atom. The van der Waals surface area contributed by atoms with Crippen molar-refractivity contribution in [3.05, 3.63) is 57.6 Å². The molecule has 0 radical (unpaired) electrons. The highest BCUT2D eigenvalue weighted by atomic mass is 35.5. The molecule has 2 fully saturated rings. The number of nitrogens with zero attached hydrogens (tertiary/aromatic N) is 5. The summed E-state index contributed by atoms with van der Waals surface area (Å²) in [5, 5.41) is 15.7. The van der Waals surface area contributed by atoms with Crippen LogP contribution in [-0.4, -0.2) is 82.4 Å². The van der Waals surface area contributed by atoms with Crippen LogP contribution in [0.2, 0.25) is 5.02 Å². The molecule has 4 N–H and O–H groups in total. The van der Waals surface area contributed by atoms with E-state index >= 15 is 0 Å². The maximum absolute atomic E-state index is 13.3. The highest BCUT2D eigenvalue weighted by Crippen LogP contribution is 2.46. The van der Waals surface area contributed by atoms with E-state index in [4.69, 9.17) is 16.6 Å². The molecule has 0 amide bonds. The van der Waals surface area contributed by atoms with Gasteiger partial charge in [-0.3, -0.25) is 4.79 Å². The molecule has 6 heterocycles. The number of fused-ring (bicyclic) bond motifs is 5. The van der Waals surface area contributed by atoms with Crippen LogP contribution in [0.4, 0.5) is 11.4 Å². The Bertz CT molecular complexity index is 1950. The monoisotopic (exact) mass is 572 g/mol. The van der Waals surface area contributed by atoms with E-state index < -0.39 is 11.4 Å². The second-order valence-corrected chi connectivity index (χ2v) is 11.3. The van der Waals surface area contributed by atoms with Crippen LogP contribution in [-0.2, 0) is 0 Å². The van der Waals surface area contributed by atoms with Crippen molar-refractivity contribution in [2.45, 2.75) is 12.5 Å². The van der Waals surface area contributed by atoms with Gasteiger partial charge < -0.3 is 30.6 Å². The number of aromatic amines is 1. The smallest absolute Gasteiger partial charge is 0.341 e. The van der Waals surface area contributed by atoms with Crippen molar-refractivity contribution in [3.8, 4) is 11.1 Å². The molecule has 12 heteroatoms. The van der Waals surface area contributed by atoms with Gasteiger partial charge in [0.05, 0.1) is 27.7 Å². The maximum Gasteiger partial charge on any atom is 0.341 e. The van der Waals surface area contributed by atoms with Gasteiger partial charge in [-0.2, -0.15) is 0 Å². The van der Waals surface area contributed by atoms with Gasteiger partial charge in [0.2, 0.25) is 5.43 Å². The zero-order valence-electron chi connectivity index (χ0n) is 22.8. The average Bonchev–Trinajstić information content (AvgIpc) is 3.64. The predicted molar refractivity (Wildman–Crippen MR) is 162 cm³/mol. The largest absolute Gasteiger partial charge is 0.477 e. The number of halogens is 1. The van der Waals surface area contributed by atoms with Crippen molar-refractivity contribution >= 4 is 61.9 Å². The number of carboxylic acids is 1. The van der Waals surface area contributed by atoms with Crippen LogP contribution in [0, 0.1) is 5.92 Å². The van der Waals surface area contributed by atoms with Crippen molar-refractivity contribution in [2.75, 3.05) is 56.4 Å². The fraction of sp³-hybridized carbons (Fsp3) is 0.310. The first-order valence-corrected chi connectivity index (χ1v) is 13.9. The number of benzene rings is 1. The van der Waals surface area contributed by atoms with E-state index in [-0.39, 0.29) is 10.9 Å². The lowest BCUT2D eigenvalue weighted by atomic mass is 10.00. The number of pyridine rings is 3. The number of H-pyrrole nitrogens is 1. The second kappa shape index (κ2) is 9.35. The third-order valence-electron chi connectivity index (χ3n) is 8.58. The summed E-state index contributed by atoms with van der Waals surface area (Å²) in [6, 6.07) is 5.90. The highest BCUT2D eigenvalue weighted by Gasteiger charge is 2.41. The number of nitrogens with one attached hydrogen (secondary N) is 3. The molecule has 4 aromatic heterocycles. The van der Waals surface area contributed by atoms with Crippen molar-refractivity contribution in [1.82, 2.24) is 24.5 Å². The molecule has 5 aromatic rings. The minimum absolute atomic E-state index is 0.210. The standard InChI is InChI=1S/C29H29ClN8O3/c1-31-21-8-16(30)7-17-23-25(37-5-4-14-11-36(3)13-22(14)37)19(10-33-27(23)35-24(17)21)15-6-18-26(39)20(29(40)41)12-38(32-2)28(18)34-9-15/h6-10,12,14,22,31-32H,4-5,11,13H2,1-3H3,(H,33,35)(H,40,41)/t14-,22+/m1/s1. The molecule has 0 saturated carbocycles. The number of hydrogen-bond acceptors (Lipinski definition) is 8. The minimum Gasteiger partial charge on any atom is -0.477 e. The quantitative estimate of drug-likeness (QED) is 0.248. The summed E-state index contributed by atoms with van der Waals surface area (Å²) in [4.78, 5) is 43.0. The Morgan fingerprint density at radius 2 is 1.98 bits per heavy atom. The van der Waals surface area contributed by atoms with E-state index in [9.17, 15) is 14.7 Å². The van der Waals surface area contributed by atoms with E-state index in [1.165, 1.54) is 10.9 Å². The number of carbonyl (C=O) groups is 1. The molecule has 2 saturated heterocycles. The highest BCUT2D eigenvalue weighted by molar-refractivity contribution is 6.33. The number of likely N-dealkylation sites (N-methyl/N-ethyl adjacent to an activating group) is 1. The normalized spacial score (nSPS) is 19.0. The van der Waals surface area contributed by atoms with E-state index in [0.29, 0.717) is 28.2 Å². The van der Waals surface area contributed by atoms with Crippen LogP contribution < -0.4 is 21.1 Å². The molecule has 2 aliphatic heterocycles. The summed E-state index contributed by atoms with van der Waals surface area (Å²) in [5.74, 6) is -0.743. The van der Waals surface area contributed by atoms with Crippen molar-refractivity contribution in [1.29, 1.82) is 0 Å². The molecule has 0 unspecified atom stereocenters. The number of rotatable bonds is 5. The molecule has 1 aromatic carbocycles. The number of carboxylic acid groups (broad SMARTS) is 1. The first-order valence-electron chi connectivity index (χ1n) is 13.5. The summed E-state index contributed by atoms with van der Waals surface area (Å²) >= 11 is 6.59. The Morgan fingerprint density at radius 1 is 1.15 bits per heavy atom. The van der Waals surface area contributed by atoms with Crippen LogP contribution in [0.3, 0.4) is 0 Å². The topological polar surface area (TPSA) is 131 Å². The van der Waals surface area contributed by atoms with Gasteiger partial charge in [-0.15, -0.1) is 0 Å². The lowest BCUT2D eigenvalue weighted by molar-refractivity contribution is 0.0695. The van der Waals surface area contributed by atoms with E-state index in [1.807, 2.05) is 25.4 Å². The van der Waals surface area contributed by atoms with Gasteiger partial charge in [-0.1, -0.05) is 11.6 Å². The summed E-state index contributed by atoms with van der Waals surface area (Å²) in [6.07, 6.45) is 5.88. The third kappa shape index (κ3) is 3.83. The minimum atomic E-state index is -1.29. The Balaban J connectivity index is 1.55. The second-order valence-electron chi connectivity index (χ2n) is 10.9. The zero-order valence-corrected chi connectivity index (χ0v) is 23.6. The predicted octanol–water partition coefficient (Wildman–Crippen LogP) is 3.80. The maximum atomic E-state index is 13.3. The van der Waals surface area contributed by atoms with Crippen molar-refractivity contribution in [3.63, 3.8) is 0 Å². The average molecular weight is 573 g/mol. The lowest BCUT2D eigenvalue weighted by Crippen LogP contribution is -2.35. The van der Waals surface area contributed by atoms with Crippen LogP contribution in [0.5, 0.6) is 0 Å². The molecular weight excluding hydrogens is 544 g/mol. The van der Waals surface area contributed by atoms with Crippen LogP contribution in [0.1, 0.15) is 16.8 Å². The van der Waals surface area contributed by atoms with Crippen molar-refractivity contribution in [2.24, 2.45) is 5.92 Å². The Kier molecular flexibility index (Phi) is 5.84. The fourth-order valence-electron chi connectivity index (χ4n) is 6.75. The van der Waals surface area contributed by atoms with Gasteiger partial charge in [-0.25, -0.2) is 19.4 Å². The summed E-state index contributed by atoms with van der Waals surface area (Å²) in [7, 11) is 5.66. The number of aromatic nitrogens is 4.